The fourth-order valence-electron chi connectivity index (χ4n) is 4.42. The summed E-state index contributed by atoms with van der Waals surface area (Å²) in [6.07, 6.45) is 1.44. The number of benzene rings is 1. The summed E-state index contributed by atoms with van der Waals surface area (Å²) >= 11 is 0. The lowest BCUT2D eigenvalue weighted by Gasteiger charge is -2.35. The van der Waals surface area contributed by atoms with Gasteiger partial charge in [0.1, 0.15) is 10.7 Å². The molecule has 1 amide bonds. The summed E-state index contributed by atoms with van der Waals surface area (Å²) in [7, 11) is -3.55. The van der Waals surface area contributed by atoms with Gasteiger partial charge in [-0.25, -0.2) is 13.4 Å². The van der Waals surface area contributed by atoms with Gasteiger partial charge in [0.25, 0.3) is 0 Å². The summed E-state index contributed by atoms with van der Waals surface area (Å²) in [6.45, 7) is 8.90. The van der Waals surface area contributed by atoms with Crippen LogP contribution in [0.1, 0.15) is 24.1 Å². The zero-order chi connectivity index (χ0) is 24.1. The van der Waals surface area contributed by atoms with Crippen molar-refractivity contribution in [2.75, 3.05) is 63.9 Å². The fraction of sp³-hybridized carbons (Fsp3) is 0.500. The maximum absolute atomic E-state index is 12.8. The summed E-state index contributed by atoms with van der Waals surface area (Å²) in [4.78, 5) is 21.5. The number of ether oxygens (including phenoxy) is 1. The maximum Gasteiger partial charge on any atom is 0.244 e. The average Bonchev–Trinajstić information content (AvgIpc) is 2.85. The highest BCUT2D eigenvalue weighted by Crippen LogP contribution is 2.20. The van der Waals surface area contributed by atoms with E-state index in [-0.39, 0.29) is 16.8 Å². The van der Waals surface area contributed by atoms with Crippen molar-refractivity contribution in [1.82, 2.24) is 19.5 Å². The van der Waals surface area contributed by atoms with Crippen molar-refractivity contribution in [1.29, 1.82) is 0 Å². The number of amides is 1. The van der Waals surface area contributed by atoms with Crippen LogP contribution in [0.25, 0.3) is 0 Å². The van der Waals surface area contributed by atoms with Crippen LogP contribution in [0.2, 0.25) is 0 Å². The molecule has 2 saturated heterocycles. The van der Waals surface area contributed by atoms with E-state index >= 15 is 0 Å². The summed E-state index contributed by atoms with van der Waals surface area (Å²) in [5, 5.41) is 3.10. The van der Waals surface area contributed by atoms with E-state index in [1.807, 2.05) is 25.1 Å². The first-order valence-electron chi connectivity index (χ1n) is 11.7. The van der Waals surface area contributed by atoms with Gasteiger partial charge >= 0.3 is 0 Å². The van der Waals surface area contributed by atoms with Crippen LogP contribution in [-0.2, 0) is 19.6 Å². The minimum atomic E-state index is -3.55. The van der Waals surface area contributed by atoms with E-state index in [4.69, 9.17) is 4.74 Å². The minimum absolute atomic E-state index is 0.0139. The number of aryl methyl sites for hydroxylation is 1. The van der Waals surface area contributed by atoms with Crippen molar-refractivity contribution in [3.8, 4) is 0 Å². The van der Waals surface area contributed by atoms with Crippen LogP contribution in [0, 0.1) is 6.92 Å². The lowest BCUT2D eigenvalue weighted by molar-refractivity contribution is -0.123. The molecule has 9 nitrogen and oxygen atoms in total. The van der Waals surface area contributed by atoms with E-state index in [0.29, 0.717) is 32.8 Å². The Morgan fingerprint density at radius 1 is 1.06 bits per heavy atom. The van der Waals surface area contributed by atoms with Crippen molar-refractivity contribution in [2.45, 2.75) is 24.8 Å². The Balaban J connectivity index is 1.27. The smallest absolute Gasteiger partial charge is 0.244 e. The topological polar surface area (TPSA) is 95.1 Å². The first-order valence-corrected chi connectivity index (χ1v) is 13.1. The van der Waals surface area contributed by atoms with E-state index in [9.17, 15) is 13.2 Å². The number of aromatic nitrogens is 1. The predicted molar refractivity (Wildman–Crippen MR) is 130 cm³/mol. The third-order valence-corrected chi connectivity index (χ3v) is 8.31. The number of anilines is 1. The molecule has 1 unspecified atom stereocenters. The monoisotopic (exact) mass is 487 g/mol. The van der Waals surface area contributed by atoms with E-state index in [1.54, 1.807) is 12.1 Å². The SMILES string of the molecule is Cc1ccccc1C(C)NC(=O)CN1CCN(c2ccc(S(=O)(=O)N3CCOCC3)cn2)CC1. The summed E-state index contributed by atoms with van der Waals surface area (Å²) in [5.41, 5.74) is 2.30. The van der Waals surface area contributed by atoms with Crippen molar-refractivity contribution < 1.29 is 17.9 Å². The molecule has 1 aromatic carbocycles. The number of nitrogens with one attached hydrogen (secondary N) is 1. The number of carbonyl (C=O) groups is 1. The molecule has 2 fully saturated rings. The molecule has 184 valence electrons. The molecule has 2 aromatic rings. The molecular formula is C24H33N5O4S. The number of morpholine rings is 1. The number of sulfonamides is 1. The Kier molecular flexibility index (Phi) is 7.82. The van der Waals surface area contributed by atoms with Gasteiger partial charge in [-0.1, -0.05) is 24.3 Å². The van der Waals surface area contributed by atoms with Crippen LogP contribution in [0.5, 0.6) is 0 Å². The second kappa shape index (κ2) is 10.8. The molecule has 0 spiro atoms. The number of carbonyl (C=O) groups excluding carboxylic acids is 1. The second-order valence-corrected chi connectivity index (χ2v) is 10.7. The number of nitrogens with zero attached hydrogens (tertiary/aromatic N) is 4. The van der Waals surface area contributed by atoms with Gasteiger partial charge in [-0.15, -0.1) is 0 Å². The molecule has 0 saturated carbocycles. The third-order valence-electron chi connectivity index (χ3n) is 6.42. The van der Waals surface area contributed by atoms with Crippen molar-refractivity contribution in [3.63, 3.8) is 0 Å². The van der Waals surface area contributed by atoms with E-state index in [0.717, 1.165) is 37.6 Å². The highest BCUT2D eigenvalue weighted by Gasteiger charge is 2.27. The van der Waals surface area contributed by atoms with Gasteiger partial charge in [0.2, 0.25) is 15.9 Å². The molecular weight excluding hydrogens is 454 g/mol. The zero-order valence-corrected chi connectivity index (χ0v) is 20.6. The first-order chi connectivity index (χ1) is 16.3. The van der Waals surface area contributed by atoms with Gasteiger partial charge in [-0.2, -0.15) is 4.31 Å². The lowest BCUT2D eigenvalue weighted by atomic mass is 10.0. The van der Waals surface area contributed by atoms with E-state index in [2.05, 4.69) is 33.1 Å². The zero-order valence-electron chi connectivity index (χ0n) is 19.8. The van der Waals surface area contributed by atoms with Crippen LogP contribution < -0.4 is 10.2 Å². The van der Waals surface area contributed by atoms with Crippen LogP contribution in [0.3, 0.4) is 0 Å². The van der Waals surface area contributed by atoms with Gasteiger partial charge in [-0.05, 0) is 37.1 Å². The molecule has 1 N–H and O–H groups in total. The Morgan fingerprint density at radius 2 is 1.76 bits per heavy atom. The molecule has 2 aliphatic heterocycles. The van der Waals surface area contributed by atoms with Crippen molar-refractivity contribution >= 4 is 21.7 Å². The standard InChI is InChI=1S/C24H33N5O4S/c1-19-5-3-4-6-22(19)20(2)26-24(30)18-27-9-11-28(12-10-27)23-8-7-21(17-25-23)34(31,32)29-13-15-33-16-14-29/h3-8,17,20H,9-16,18H2,1-2H3,(H,26,30). The summed E-state index contributed by atoms with van der Waals surface area (Å²) in [5.74, 6) is 0.762. The van der Waals surface area contributed by atoms with Gasteiger partial charge in [0.15, 0.2) is 0 Å². The fourth-order valence-corrected chi connectivity index (χ4v) is 5.78. The molecule has 0 aliphatic carbocycles. The Hall–Kier alpha value is -2.53. The van der Waals surface area contributed by atoms with Crippen LogP contribution in [-0.4, -0.2) is 87.5 Å². The van der Waals surface area contributed by atoms with Gasteiger partial charge in [0.05, 0.1) is 25.8 Å². The van der Waals surface area contributed by atoms with Crippen molar-refractivity contribution in [3.05, 3.63) is 53.7 Å². The summed E-state index contributed by atoms with van der Waals surface area (Å²) in [6, 6.07) is 11.4. The number of rotatable bonds is 7. The number of hydrogen-bond donors (Lipinski definition) is 1. The predicted octanol–water partition coefficient (Wildman–Crippen LogP) is 1.41. The molecule has 1 atom stereocenters. The molecule has 2 aliphatic rings. The van der Waals surface area contributed by atoms with E-state index < -0.39 is 10.0 Å². The van der Waals surface area contributed by atoms with Crippen LogP contribution in [0.4, 0.5) is 5.82 Å². The van der Waals surface area contributed by atoms with E-state index in [1.165, 1.54) is 16.1 Å². The van der Waals surface area contributed by atoms with Crippen LogP contribution in [0.15, 0.2) is 47.5 Å². The van der Waals surface area contributed by atoms with Gasteiger partial charge in [-0.3, -0.25) is 9.69 Å². The highest BCUT2D eigenvalue weighted by molar-refractivity contribution is 7.89. The number of pyridine rings is 1. The molecule has 0 bridgehead atoms. The van der Waals surface area contributed by atoms with Gasteiger partial charge in [0, 0.05) is 45.5 Å². The largest absolute Gasteiger partial charge is 0.379 e. The van der Waals surface area contributed by atoms with Crippen molar-refractivity contribution in [2.24, 2.45) is 0 Å². The number of piperazine rings is 1. The molecule has 3 heterocycles. The maximum atomic E-state index is 12.8. The van der Waals surface area contributed by atoms with Gasteiger partial charge < -0.3 is 15.0 Å². The normalized spacial score (nSPS) is 19.1. The molecule has 34 heavy (non-hydrogen) atoms. The first kappa shape index (κ1) is 24.6. The lowest BCUT2D eigenvalue weighted by Crippen LogP contribution is -2.50. The molecule has 4 rings (SSSR count). The Labute approximate surface area is 201 Å². The highest BCUT2D eigenvalue weighted by atomic mass is 32.2. The molecule has 1 aromatic heterocycles. The third kappa shape index (κ3) is 5.75. The number of hydrogen-bond acceptors (Lipinski definition) is 7. The van der Waals surface area contributed by atoms with Crippen LogP contribution >= 0.6 is 0 Å². The molecule has 0 radical (unpaired) electrons. The second-order valence-electron chi connectivity index (χ2n) is 8.78. The quantitative estimate of drug-likeness (QED) is 0.631. The Bertz CT molecular complexity index is 1080. The average molecular weight is 488 g/mol. The Morgan fingerprint density at radius 3 is 2.41 bits per heavy atom. The molecule has 10 heteroatoms. The minimum Gasteiger partial charge on any atom is -0.379 e. The summed E-state index contributed by atoms with van der Waals surface area (Å²) < 4.78 is 32.2.